The van der Waals surface area contributed by atoms with Gasteiger partial charge in [-0.3, -0.25) is 0 Å². The zero-order chi connectivity index (χ0) is 19.8. The van der Waals surface area contributed by atoms with E-state index in [0.717, 1.165) is 5.56 Å². The van der Waals surface area contributed by atoms with E-state index in [1.807, 2.05) is 30.3 Å². The number of ether oxygens (including phenoxy) is 5. The second kappa shape index (κ2) is 9.72. The minimum absolute atomic E-state index is 0.440. The molecule has 2 aromatic carbocycles. The van der Waals surface area contributed by atoms with Crippen LogP contribution < -0.4 is 34.3 Å². The molecule has 2 aromatic rings. The zero-order valence-electron chi connectivity index (χ0n) is 16.0. The van der Waals surface area contributed by atoms with Gasteiger partial charge in [0.05, 0.1) is 41.2 Å². The predicted molar refractivity (Wildman–Crippen MR) is 109 cm³/mol. The third-order valence-corrected chi connectivity index (χ3v) is 4.08. The summed E-state index contributed by atoms with van der Waals surface area (Å²) in [5.41, 5.74) is 1.63. The standard InChI is InChI=1S/C19H24N2O5S/c1-22-13-6-7-15(23-2)14(10-13)21-19(27)20-11-12-8-16(24-3)18(26-5)17(9-12)25-4/h6-10H,11H2,1-5H3,(H2,20,21,27). The number of hydrogen-bond donors (Lipinski definition) is 2. The van der Waals surface area contributed by atoms with Crippen molar-refractivity contribution in [1.29, 1.82) is 0 Å². The lowest BCUT2D eigenvalue weighted by atomic mass is 10.2. The first-order valence-electron chi connectivity index (χ1n) is 8.12. The summed E-state index contributed by atoms with van der Waals surface area (Å²) in [6, 6.07) is 9.16. The Morgan fingerprint density at radius 3 is 1.96 bits per heavy atom. The van der Waals surface area contributed by atoms with Crippen molar-refractivity contribution in [2.24, 2.45) is 0 Å². The third-order valence-electron chi connectivity index (χ3n) is 3.83. The Morgan fingerprint density at radius 2 is 1.44 bits per heavy atom. The lowest BCUT2D eigenvalue weighted by Gasteiger charge is -2.16. The van der Waals surface area contributed by atoms with Crippen LogP contribution >= 0.6 is 12.2 Å². The van der Waals surface area contributed by atoms with Crippen LogP contribution in [0.1, 0.15) is 5.56 Å². The fourth-order valence-corrected chi connectivity index (χ4v) is 2.68. The van der Waals surface area contributed by atoms with Gasteiger partial charge >= 0.3 is 0 Å². The quantitative estimate of drug-likeness (QED) is 0.664. The highest BCUT2D eigenvalue weighted by molar-refractivity contribution is 7.80. The molecule has 0 unspecified atom stereocenters. The summed E-state index contributed by atoms with van der Waals surface area (Å²) in [7, 11) is 7.93. The van der Waals surface area contributed by atoms with Crippen molar-refractivity contribution < 1.29 is 23.7 Å². The summed E-state index contributed by atoms with van der Waals surface area (Å²) in [5.74, 6) is 3.08. The van der Waals surface area contributed by atoms with Crippen LogP contribution in [0.5, 0.6) is 28.7 Å². The molecule has 146 valence electrons. The Labute approximate surface area is 164 Å². The highest BCUT2D eigenvalue weighted by Crippen LogP contribution is 2.38. The van der Waals surface area contributed by atoms with Crippen LogP contribution in [0, 0.1) is 0 Å². The number of nitrogens with one attached hydrogen (secondary N) is 2. The second-order valence-corrected chi connectivity index (χ2v) is 5.82. The van der Waals surface area contributed by atoms with Gasteiger partial charge in [-0.15, -0.1) is 0 Å². The average Bonchev–Trinajstić information content (AvgIpc) is 2.71. The number of anilines is 1. The third kappa shape index (κ3) is 5.07. The Kier molecular flexibility index (Phi) is 7.36. The Morgan fingerprint density at radius 1 is 0.815 bits per heavy atom. The minimum Gasteiger partial charge on any atom is -0.497 e. The van der Waals surface area contributed by atoms with E-state index in [0.29, 0.717) is 46.1 Å². The van der Waals surface area contributed by atoms with Crippen molar-refractivity contribution in [3.63, 3.8) is 0 Å². The van der Waals surface area contributed by atoms with Gasteiger partial charge in [-0.1, -0.05) is 0 Å². The van der Waals surface area contributed by atoms with E-state index in [4.69, 9.17) is 35.9 Å². The molecule has 0 spiro atoms. The topological polar surface area (TPSA) is 70.2 Å². The Bertz CT molecular complexity index is 773. The van der Waals surface area contributed by atoms with Crippen LogP contribution in [-0.2, 0) is 6.54 Å². The van der Waals surface area contributed by atoms with Crippen molar-refractivity contribution in [2.45, 2.75) is 6.54 Å². The first-order chi connectivity index (χ1) is 13.1. The summed E-state index contributed by atoms with van der Waals surface area (Å²) in [4.78, 5) is 0. The first-order valence-corrected chi connectivity index (χ1v) is 8.52. The molecule has 0 saturated heterocycles. The average molecular weight is 392 g/mol. The summed E-state index contributed by atoms with van der Waals surface area (Å²) in [6.45, 7) is 0.467. The molecule has 2 rings (SSSR count). The van der Waals surface area contributed by atoms with Gasteiger partial charge in [0, 0.05) is 12.6 Å². The van der Waals surface area contributed by atoms with E-state index < -0.39 is 0 Å². The van der Waals surface area contributed by atoms with Crippen LogP contribution in [-0.4, -0.2) is 40.7 Å². The molecule has 0 saturated carbocycles. The number of thiocarbonyl (C=S) groups is 1. The molecule has 7 nitrogen and oxygen atoms in total. The van der Waals surface area contributed by atoms with Gasteiger partial charge < -0.3 is 34.3 Å². The second-order valence-electron chi connectivity index (χ2n) is 5.41. The highest BCUT2D eigenvalue weighted by Gasteiger charge is 2.13. The molecule has 2 N–H and O–H groups in total. The molecule has 27 heavy (non-hydrogen) atoms. The fraction of sp³-hybridized carbons (Fsp3) is 0.316. The molecule has 0 fully saturated rings. The number of hydrogen-bond acceptors (Lipinski definition) is 6. The molecule has 0 aromatic heterocycles. The molecular weight excluding hydrogens is 368 g/mol. The van der Waals surface area contributed by atoms with E-state index in [1.54, 1.807) is 35.5 Å². The molecule has 0 amide bonds. The molecule has 0 bridgehead atoms. The molecule has 0 radical (unpaired) electrons. The number of methoxy groups -OCH3 is 5. The molecular formula is C19H24N2O5S. The smallest absolute Gasteiger partial charge is 0.203 e. The predicted octanol–water partition coefficient (Wildman–Crippen LogP) is 3.22. The van der Waals surface area contributed by atoms with E-state index >= 15 is 0 Å². The molecule has 0 aliphatic rings. The van der Waals surface area contributed by atoms with E-state index in [9.17, 15) is 0 Å². The van der Waals surface area contributed by atoms with Crippen molar-refractivity contribution >= 4 is 23.0 Å². The van der Waals surface area contributed by atoms with Crippen molar-refractivity contribution in [2.75, 3.05) is 40.9 Å². The lowest BCUT2D eigenvalue weighted by molar-refractivity contribution is 0.323. The van der Waals surface area contributed by atoms with Gasteiger partial charge in [0.2, 0.25) is 5.75 Å². The molecule has 0 heterocycles. The number of rotatable bonds is 8. The molecule has 8 heteroatoms. The normalized spacial score (nSPS) is 9.96. The SMILES string of the molecule is COc1ccc(OC)c(NC(=S)NCc2cc(OC)c(OC)c(OC)c2)c1. The van der Waals surface area contributed by atoms with E-state index in [-0.39, 0.29) is 0 Å². The van der Waals surface area contributed by atoms with Crippen molar-refractivity contribution in [3.05, 3.63) is 35.9 Å². The summed E-state index contributed by atoms with van der Waals surface area (Å²) in [6.07, 6.45) is 0. The Balaban J connectivity index is 2.10. The molecule has 0 aliphatic carbocycles. The highest BCUT2D eigenvalue weighted by atomic mass is 32.1. The molecule has 0 atom stereocenters. The minimum atomic E-state index is 0.440. The first kappa shape index (κ1) is 20.4. The summed E-state index contributed by atoms with van der Waals surface area (Å²) < 4.78 is 26.6. The van der Waals surface area contributed by atoms with Gasteiger partial charge in [0.25, 0.3) is 0 Å². The van der Waals surface area contributed by atoms with Crippen LogP contribution in [0.4, 0.5) is 5.69 Å². The summed E-state index contributed by atoms with van der Waals surface area (Å²) >= 11 is 5.39. The largest absolute Gasteiger partial charge is 0.497 e. The maximum absolute atomic E-state index is 5.39. The van der Waals surface area contributed by atoms with Gasteiger partial charge in [0.15, 0.2) is 16.6 Å². The van der Waals surface area contributed by atoms with Crippen LogP contribution in [0.2, 0.25) is 0 Å². The van der Waals surface area contributed by atoms with Gasteiger partial charge in [-0.25, -0.2) is 0 Å². The van der Waals surface area contributed by atoms with Gasteiger partial charge in [0.1, 0.15) is 11.5 Å². The van der Waals surface area contributed by atoms with Crippen LogP contribution in [0.25, 0.3) is 0 Å². The lowest BCUT2D eigenvalue weighted by Crippen LogP contribution is -2.28. The maximum atomic E-state index is 5.39. The van der Waals surface area contributed by atoms with Crippen molar-refractivity contribution in [3.8, 4) is 28.7 Å². The van der Waals surface area contributed by atoms with Crippen LogP contribution in [0.15, 0.2) is 30.3 Å². The van der Waals surface area contributed by atoms with E-state index in [2.05, 4.69) is 10.6 Å². The van der Waals surface area contributed by atoms with Gasteiger partial charge in [-0.2, -0.15) is 0 Å². The summed E-state index contributed by atoms with van der Waals surface area (Å²) in [5, 5.41) is 6.70. The molecule has 0 aliphatic heterocycles. The maximum Gasteiger partial charge on any atom is 0.203 e. The van der Waals surface area contributed by atoms with E-state index in [1.165, 1.54) is 0 Å². The Hall–Kier alpha value is -2.87. The van der Waals surface area contributed by atoms with Crippen LogP contribution in [0.3, 0.4) is 0 Å². The number of benzene rings is 2. The zero-order valence-corrected chi connectivity index (χ0v) is 16.9. The van der Waals surface area contributed by atoms with Gasteiger partial charge in [-0.05, 0) is 42.0 Å². The van der Waals surface area contributed by atoms with Crippen molar-refractivity contribution in [1.82, 2.24) is 5.32 Å². The monoisotopic (exact) mass is 392 g/mol. The fourth-order valence-electron chi connectivity index (χ4n) is 2.50.